The van der Waals surface area contributed by atoms with E-state index in [-0.39, 0.29) is 25.0 Å². The molecule has 1 aromatic rings. The molecule has 1 heterocycles. The molecule has 1 saturated heterocycles. The van der Waals surface area contributed by atoms with Gasteiger partial charge >= 0.3 is 5.97 Å². The Morgan fingerprint density at radius 2 is 1.83 bits per heavy atom. The molecule has 6 heteroatoms. The molecular formula is C17H22N2O4. The number of hydrogen-bond acceptors (Lipinski definition) is 4. The van der Waals surface area contributed by atoms with Gasteiger partial charge in [-0.15, -0.1) is 0 Å². The van der Waals surface area contributed by atoms with Crippen molar-refractivity contribution in [2.45, 2.75) is 26.3 Å². The maximum atomic E-state index is 12.5. The Morgan fingerprint density at radius 1 is 1.13 bits per heavy atom. The van der Waals surface area contributed by atoms with E-state index >= 15 is 0 Å². The summed E-state index contributed by atoms with van der Waals surface area (Å²) in [6, 6.07) is 8.19. The number of piperazine rings is 1. The zero-order chi connectivity index (χ0) is 16.8. The zero-order valence-corrected chi connectivity index (χ0v) is 13.5. The first-order valence-corrected chi connectivity index (χ1v) is 7.88. The predicted octanol–water partition coefficient (Wildman–Crippen LogP) is 1.31. The lowest BCUT2D eigenvalue weighted by Gasteiger charge is -2.40. The number of hydrogen-bond donors (Lipinski definition) is 0. The van der Waals surface area contributed by atoms with Crippen molar-refractivity contribution in [2.24, 2.45) is 0 Å². The average molecular weight is 318 g/mol. The summed E-state index contributed by atoms with van der Waals surface area (Å²) >= 11 is 0. The molecule has 0 bridgehead atoms. The van der Waals surface area contributed by atoms with Crippen LogP contribution in [0.2, 0.25) is 0 Å². The van der Waals surface area contributed by atoms with Gasteiger partial charge in [0.15, 0.2) is 0 Å². The van der Waals surface area contributed by atoms with Crippen molar-refractivity contribution < 1.29 is 19.1 Å². The van der Waals surface area contributed by atoms with Crippen molar-refractivity contribution in [3.63, 3.8) is 0 Å². The summed E-state index contributed by atoms with van der Waals surface area (Å²) < 4.78 is 5.07. The van der Waals surface area contributed by atoms with Gasteiger partial charge in [-0.1, -0.05) is 25.1 Å². The van der Waals surface area contributed by atoms with E-state index in [9.17, 15) is 14.4 Å². The predicted molar refractivity (Wildman–Crippen MR) is 84.8 cm³/mol. The maximum Gasteiger partial charge on any atom is 0.330 e. The highest BCUT2D eigenvalue weighted by Gasteiger charge is 2.37. The number of benzene rings is 1. The highest BCUT2D eigenvalue weighted by molar-refractivity contribution is 5.95. The molecular weight excluding hydrogens is 296 g/mol. The molecule has 124 valence electrons. The van der Waals surface area contributed by atoms with Gasteiger partial charge in [-0.3, -0.25) is 9.59 Å². The van der Waals surface area contributed by atoms with Crippen LogP contribution in [-0.2, 0) is 14.3 Å². The molecule has 1 unspecified atom stereocenters. The standard InChI is InChI=1S/C17H22N2O4/c1-3-15(20)19-11-10-18(12-14(19)17(22)23-4-2)16(21)13-8-6-5-7-9-13/h5-9,14H,3-4,10-12H2,1-2H3. The number of esters is 1. The average Bonchev–Trinajstić information content (AvgIpc) is 2.60. The van der Waals surface area contributed by atoms with Crippen LogP contribution in [0.5, 0.6) is 0 Å². The van der Waals surface area contributed by atoms with Crippen molar-refractivity contribution in [1.29, 1.82) is 0 Å². The van der Waals surface area contributed by atoms with E-state index < -0.39 is 12.0 Å². The third-order valence-electron chi connectivity index (χ3n) is 3.87. The number of nitrogens with zero attached hydrogens (tertiary/aromatic N) is 2. The smallest absolute Gasteiger partial charge is 0.330 e. The third kappa shape index (κ3) is 3.88. The molecule has 0 spiro atoms. The van der Waals surface area contributed by atoms with Crippen LogP contribution in [0.3, 0.4) is 0 Å². The lowest BCUT2D eigenvalue weighted by Crippen LogP contribution is -2.59. The molecule has 0 radical (unpaired) electrons. The van der Waals surface area contributed by atoms with Crippen molar-refractivity contribution in [3.05, 3.63) is 35.9 Å². The van der Waals surface area contributed by atoms with Crippen molar-refractivity contribution in [3.8, 4) is 0 Å². The van der Waals surface area contributed by atoms with Crippen LogP contribution in [0.15, 0.2) is 30.3 Å². The van der Waals surface area contributed by atoms with Gasteiger partial charge in [0.25, 0.3) is 5.91 Å². The summed E-state index contributed by atoms with van der Waals surface area (Å²) in [6.45, 7) is 4.64. The number of ether oxygens (including phenoxy) is 1. The van der Waals surface area contributed by atoms with Gasteiger partial charge in [-0.25, -0.2) is 4.79 Å². The lowest BCUT2D eigenvalue weighted by molar-refractivity contribution is -0.157. The number of carbonyl (C=O) groups excluding carboxylic acids is 3. The monoisotopic (exact) mass is 318 g/mol. The number of rotatable bonds is 4. The van der Waals surface area contributed by atoms with Crippen LogP contribution in [0.4, 0.5) is 0 Å². The summed E-state index contributed by atoms with van der Waals surface area (Å²) in [6.07, 6.45) is 0.322. The van der Waals surface area contributed by atoms with E-state index in [1.54, 1.807) is 43.0 Å². The van der Waals surface area contributed by atoms with Gasteiger partial charge in [0.1, 0.15) is 6.04 Å². The summed E-state index contributed by atoms with van der Waals surface area (Å²) in [4.78, 5) is 39.9. The Balaban J connectivity index is 2.16. The third-order valence-corrected chi connectivity index (χ3v) is 3.87. The quantitative estimate of drug-likeness (QED) is 0.785. The highest BCUT2D eigenvalue weighted by Crippen LogP contribution is 2.16. The number of carbonyl (C=O) groups is 3. The van der Waals surface area contributed by atoms with Crippen LogP contribution >= 0.6 is 0 Å². The molecule has 0 N–H and O–H groups in total. The van der Waals surface area contributed by atoms with Crippen molar-refractivity contribution in [1.82, 2.24) is 9.80 Å². The Bertz CT molecular complexity index is 573. The van der Waals surface area contributed by atoms with Crippen molar-refractivity contribution >= 4 is 17.8 Å². The van der Waals surface area contributed by atoms with Crippen LogP contribution in [0.25, 0.3) is 0 Å². The van der Waals surface area contributed by atoms with E-state index in [4.69, 9.17) is 4.74 Å². The topological polar surface area (TPSA) is 66.9 Å². The first-order valence-electron chi connectivity index (χ1n) is 7.88. The highest BCUT2D eigenvalue weighted by atomic mass is 16.5. The minimum atomic E-state index is -0.733. The molecule has 2 rings (SSSR count). The van der Waals surface area contributed by atoms with Gasteiger partial charge in [-0.05, 0) is 19.1 Å². The fourth-order valence-electron chi connectivity index (χ4n) is 2.67. The van der Waals surface area contributed by atoms with Crippen LogP contribution < -0.4 is 0 Å². The Kier molecular flexibility index (Phi) is 5.73. The SMILES string of the molecule is CCOC(=O)C1CN(C(=O)c2ccccc2)CCN1C(=O)CC. The van der Waals surface area contributed by atoms with E-state index in [1.807, 2.05) is 6.07 Å². The molecule has 23 heavy (non-hydrogen) atoms. The van der Waals surface area contributed by atoms with E-state index in [0.717, 1.165) is 0 Å². The second kappa shape index (κ2) is 7.76. The molecule has 1 fully saturated rings. The van der Waals surface area contributed by atoms with Gasteiger partial charge < -0.3 is 14.5 Å². The second-order valence-corrected chi connectivity index (χ2v) is 5.33. The largest absolute Gasteiger partial charge is 0.464 e. The normalized spacial score (nSPS) is 17.7. The van der Waals surface area contributed by atoms with Crippen LogP contribution in [0, 0.1) is 0 Å². The molecule has 2 amide bonds. The molecule has 0 saturated carbocycles. The first kappa shape index (κ1) is 17.0. The maximum absolute atomic E-state index is 12.5. The van der Waals surface area contributed by atoms with Crippen LogP contribution in [-0.4, -0.2) is 59.9 Å². The van der Waals surface area contributed by atoms with Gasteiger partial charge in [0.05, 0.1) is 13.2 Å². The number of amides is 2. The summed E-state index contributed by atoms with van der Waals surface area (Å²) in [5.41, 5.74) is 0.574. The molecule has 0 aromatic heterocycles. The van der Waals surface area contributed by atoms with E-state index in [2.05, 4.69) is 0 Å². The molecule has 1 aliphatic rings. The molecule has 1 atom stereocenters. The van der Waals surface area contributed by atoms with Gasteiger partial charge in [0.2, 0.25) is 5.91 Å². The minimum Gasteiger partial charge on any atom is -0.464 e. The molecule has 6 nitrogen and oxygen atoms in total. The molecule has 1 aromatic carbocycles. The van der Waals surface area contributed by atoms with E-state index in [0.29, 0.717) is 25.1 Å². The molecule has 1 aliphatic heterocycles. The summed E-state index contributed by atoms with van der Waals surface area (Å²) in [7, 11) is 0. The van der Waals surface area contributed by atoms with Gasteiger partial charge in [0, 0.05) is 25.1 Å². The summed E-state index contributed by atoms with van der Waals surface area (Å²) in [5, 5.41) is 0. The first-order chi connectivity index (χ1) is 11.1. The second-order valence-electron chi connectivity index (χ2n) is 5.33. The summed E-state index contributed by atoms with van der Waals surface area (Å²) in [5.74, 6) is -0.696. The Morgan fingerprint density at radius 3 is 2.43 bits per heavy atom. The Labute approximate surface area is 136 Å². The van der Waals surface area contributed by atoms with Crippen LogP contribution in [0.1, 0.15) is 30.6 Å². The van der Waals surface area contributed by atoms with Crippen molar-refractivity contribution in [2.75, 3.05) is 26.2 Å². The fourth-order valence-corrected chi connectivity index (χ4v) is 2.67. The van der Waals surface area contributed by atoms with E-state index in [1.165, 1.54) is 4.90 Å². The zero-order valence-electron chi connectivity index (χ0n) is 13.5. The minimum absolute atomic E-state index is 0.102. The Hall–Kier alpha value is -2.37. The lowest BCUT2D eigenvalue weighted by atomic mass is 10.1. The van der Waals surface area contributed by atoms with Gasteiger partial charge in [-0.2, -0.15) is 0 Å². The molecule has 0 aliphatic carbocycles. The fraction of sp³-hybridized carbons (Fsp3) is 0.471.